The van der Waals surface area contributed by atoms with Gasteiger partial charge in [-0.2, -0.15) is 0 Å². The second kappa shape index (κ2) is 5.19. The van der Waals surface area contributed by atoms with E-state index in [1.807, 2.05) is 6.92 Å². The Bertz CT molecular complexity index is 391. The van der Waals surface area contributed by atoms with Crippen LogP contribution in [0.25, 0.3) is 0 Å². The summed E-state index contributed by atoms with van der Waals surface area (Å²) in [5.74, 6) is 0.831. The molecule has 0 aliphatic carbocycles. The SMILES string of the molecule is Cc1cnc(Cl)nc1NCC1(C)CCOCC1. The fraction of sp³-hybridized carbons (Fsp3) is 0.667. The number of ether oxygens (including phenoxy) is 1. The zero-order chi connectivity index (χ0) is 12.3. The zero-order valence-electron chi connectivity index (χ0n) is 10.3. The average molecular weight is 256 g/mol. The van der Waals surface area contributed by atoms with Crippen molar-refractivity contribution in [2.45, 2.75) is 26.7 Å². The second-order valence-electron chi connectivity index (χ2n) is 4.95. The lowest BCUT2D eigenvalue weighted by atomic mass is 9.82. The summed E-state index contributed by atoms with van der Waals surface area (Å²) in [6.07, 6.45) is 3.90. The highest BCUT2D eigenvalue weighted by Crippen LogP contribution is 2.30. The lowest BCUT2D eigenvalue weighted by Crippen LogP contribution is -2.33. The topological polar surface area (TPSA) is 47.0 Å². The van der Waals surface area contributed by atoms with Gasteiger partial charge in [0.2, 0.25) is 5.28 Å². The highest BCUT2D eigenvalue weighted by molar-refractivity contribution is 6.28. The van der Waals surface area contributed by atoms with Crippen molar-refractivity contribution in [2.75, 3.05) is 25.1 Å². The summed E-state index contributed by atoms with van der Waals surface area (Å²) >= 11 is 5.79. The Morgan fingerprint density at radius 3 is 2.88 bits per heavy atom. The molecular formula is C12H18ClN3O. The highest BCUT2D eigenvalue weighted by atomic mass is 35.5. The summed E-state index contributed by atoms with van der Waals surface area (Å²) in [4.78, 5) is 8.15. The van der Waals surface area contributed by atoms with Gasteiger partial charge in [0.15, 0.2) is 0 Å². The Balaban J connectivity index is 1.99. The van der Waals surface area contributed by atoms with Gasteiger partial charge in [-0.3, -0.25) is 0 Å². The molecule has 0 saturated carbocycles. The molecule has 2 heterocycles. The first-order valence-electron chi connectivity index (χ1n) is 5.90. The van der Waals surface area contributed by atoms with E-state index >= 15 is 0 Å². The maximum absolute atomic E-state index is 5.79. The molecule has 0 bridgehead atoms. The molecule has 1 aliphatic rings. The van der Waals surface area contributed by atoms with E-state index in [-0.39, 0.29) is 10.7 Å². The van der Waals surface area contributed by atoms with E-state index in [4.69, 9.17) is 16.3 Å². The molecule has 17 heavy (non-hydrogen) atoms. The van der Waals surface area contributed by atoms with Crippen LogP contribution in [0.5, 0.6) is 0 Å². The summed E-state index contributed by atoms with van der Waals surface area (Å²) < 4.78 is 5.39. The molecule has 1 aliphatic heterocycles. The van der Waals surface area contributed by atoms with Crippen LogP contribution >= 0.6 is 11.6 Å². The quantitative estimate of drug-likeness (QED) is 0.844. The number of halogens is 1. The Morgan fingerprint density at radius 1 is 1.47 bits per heavy atom. The lowest BCUT2D eigenvalue weighted by molar-refractivity contribution is 0.0299. The third-order valence-electron chi connectivity index (χ3n) is 3.32. The van der Waals surface area contributed by atoms with E-state index in [0.29, 0.717) is 0 Å². The van der Waals surface area contributed by atoms with Crippen molar-refractivity contribution in [3.63, 3.8) is 0 Å². The largest absolute Gasteiger partial charge is 0.381 e. The third kappa shape index (κ3) is 3.30. The molecule has 1 aromatic rings. The summed E-state index contributed by atoms with van der Waals surface area (Å²) in [5, 5.41) is 3.66. The molecule has 1 N–H and O–H groups in total. The maximum Gasteiger partial charge on any atom is 0.224 e. The summed E-state index contributed by atoms with van der Waals surface area (Å²) in [6, 6.07) is 0. The third-order valence-corrected chi connectivity index (χ3v) is 3.51. The molecule has 0 unspecified atom stereocenters. The number of aromatic nitrogens is 2. The fourth-order valence-corrected chi connectivity index (χ4v) is 2.07. The van der Waals surface area contributed by atoms with Crippen molar-refractivity contribution < 1.29 is 4.74 Å². The van der Waals surface area contributed by atoms with Crippen molar-refractivity contribution >= 4 is 17.4 Å². The average Bonchev–Trinajstić information content (AvgIpc) is 2.31. The number of aryl methyl sites for hydroxylation is 1. The van der Waals surface area contributed by atoms with Gasteiger partial charge in [-0.05, 0) is 36.8 Å². The predicted molar refractivity (Wildman–Crippen MR) is 68.4 cm³/mol. The van der Waals surface area contributed by atoms with E-state index in [0.717, 1.165) is 44.0 Å². The van der Waals surface area contributed by atoms with Crippen LogP contribution in [0.2, 0.25) is 5.28 Å². The minimum atomic E-state index is 0.280. The molecule has 4 nitrogen and oxygen atoms in total. The number of rotatable bonds is 3. The Morgan fingerprint density at radius 2 is 2.18 bits per heavy atom. The molecular weight excluding hydrogens is 238 g/mol. The van der Waals surface area contributed by atoms with E-state index in [2.05, 4.69) is 22.2 Å². The minimum absolute atomic E-state index is 0.280. The zero-order valence-corrected chi connectivity index (χ0v) is 11.0. The predicted octanol–water partition coefficient (Wildman–Crippen LogP) is 2.67. The van der Waals surface area contributed by atoms with Gasteiger partial charge in [0.25, 0.3) is 0 Å². The fourth-order valence-electron chi connectivity index (χ4n) is 1.94. The molecule has 1 saturated heterocycles. The molecule has 0 atom stereocenters. The van der Waals surface area contributed by atoms with E-state index in [9.17, 15) is 0 Å². The standard InChI is InChI=1S/C12H18ClN3O/c1-9-7-14-11(13)16-10(9)15-8-12(2)3-5-17-6-4-12/h7H,3-6,8H2,1-2H3,(H,14,15,16). The van der Waals surface area contributed by atoms with Crippen LogP contribution in [-0.4, -0.2) is 29.7 Å². The molecule has 1 aromatic heterocycles. The molecule has 0 radical (unpaired) electrons. The Labute approximate surface area is 107 Å². The molecule has 2 rings (SSSR count). The van der Waals surface area contributed by atoms with Crippen molar-refractivity contribution in [2.24, 2.45) is 5.41 Å². The highest BCUT2D eigenvalue weighted by Gasteiger charge is 2.27. The lowest BCUT2D eigenvalue weighted by Gasteiger charge is -2.33. The second-order valence-corrected chi connectivity index (χ2v) is 5.29. The van der Waals surface area contributed by atoms with Gasteiger partial charge in [0.1, 0.15) is 5.82 Å². The van der Waals surface area contributed by atoms with Crippen molar-refractivity contribution in [3.05, 3.63) is 17.0 Å². The van der Waals surface area contributed by atoms with Crippen LogP contribution < -0.4 is 5.32 Å². The van der Waals surface area contributed by atoms with Crippen LogP contribution in [0, 0.1) is 12.3 Å². The molecule has 0 spiro atoms. The normalized spacial score (nSPS) is 19.0. The van der Waals surface area contributed by atoms with Gasteiger partial charge in [-0.25, -0.2) is 9.97 Å². The van der Waals surface area contributed by atoms with E-state index in [1.165, 1.54) is 0 Å². The van der Waals surface area contributed by atoms with E-state index in [1.54, 1.807) is 6.20 Å². The van der Waals surface area contributed by atoms with E-state index < -0.39 is 0 Å². The first-order chi connectivity index (χ1) is 8.09. The van der Waals surface area contributed by atoms with Gasteiger partial charge in [0, 0.05) is 31.5 Å². The van der Waals surface area contributed by atoms with Crippen LogP contribution in [0.4, 0.5) is 5.82 Å². The number of nitrogens with one attached hydrogen (secondary N) is 1. The number of hydrogen-bond donors (Lipinski definition) is 1. The molecule has 1 fully saturated rings. The van der Waals surface area contributed by atoms with Crippen molar-refractivity contribution in [1.29, 1.82) is 0 Å². The summed E-state index contributed by atoms with van der Waals surface area (Å²) in [6.45, 7) is 6.85. The number of hydrogen-bond acceptors (Lipinski definition) is 4. The van der Waals surface area contributed by atoms with Crippen LogP contribution in [0.3, 0.4) is 0 Å². The first-order valence-corrected chi connectivity index (χ1v) is 6.28. The first kappa shape index (κ1) is 12.6. The van der Waals surface area contributed by atoms with Crippen LogP contribution in [0.15, 0.2) is 6.20 Å². The molecule has 94 valence electrons. The van der Waals surface area contributed by atoms with Crippen LogP contribution in [-0.2, 0) is 4.74 Å². The molecule has 5 heteroatoms. The monoisotopic (exact) mass is 255 g/mol. The smallest absolute Gasteiger partial charge is 0.224 e. The van der Waals surface area contributed by atoms with Gasteiger partial charge < -0.3 is 10.1 Å². The van der Waals surface area contributed by atoms with Gasteiger partial charge in [0.05, 0.1) is 0 Å². The summed E-state index contributed by atoms with van der Waals surface area (Å²) in [5.41, 5.74) is 1.30. The van der Waals surface area contributed by atoms with Crippen molar-refractivity contribution in [1.82, 2.24) is 9.97 Å². The van der Waals surface area contributed by atoms with Gasteiger partial charge in [-0.15, -0.1) is 0 Å². The van der Waals surface area contributed by atoms with Gasteiger partial charge in [-0.1, -0.05) is 6.92 Å². The Hall–Kier alpha value is -0.870. The number of anilines is 1. The summed E-state index contributed by atoms with van der Waals surface area (Å²) in [7, 11) is 0. The molecule has 0 aromatic carbocycles. The Kier molecular flexibility index (Phi) is 3.84. The van der Waals surface area contributed by atoms with Gasteiger partial charge >= 0.3 is 0 Å². The number of nitrogens with zero attached hydrogens (tertiary/aromatic N) is 2. The van der Waals surface area contributed by atoms with Crippen LogP contribution in [0.1, 0.15) is 25.3 Å². The maximum atomic E-state index is 5.79. The van der Waals surface area contributed by atoms with Crippen molar-refractivity contribution in [3.8, 4) is 0 Å². The minimum Gasteiger partial charge on any atom is -0.381 e. The molecule has 0 amide bonds.